The van der Waals surface area contributed by atoms with E-state index in [-0.39, 0.29) is 17.8 Å². The second-order valence-electron chi connectivity index (χ2n) is 8.99. The van der Waals surface area contributed by atoms with Crippen LogP contribution in [0.15, 0.2) is 107 Å². The molecule has 7 heteroatoms. The van der Waals surface area contributed by atoms with Crippen molar-refractivity contribution in [3.8, 4) is 5.88 Å². The van der Waals surface area contributed by atoms with E-state index in [0.29, 0.717) is 18.7 Å². The molecule has 5 aromatic rings. The maximum absolute atomic E-state index is 12.8. The number of aromatic nitrogens is 1. The smallest absolute Gasteiger partial charge is 0.282 e. The predicted octanol–water partition coefficient (Wildman–Crippen LogP) is 5.77. The number of nitrogens with zero attached hydrogens (tertiary/aromatic N) is 3. The molecule has 2 heterocycles. The van der Waals surface area contributed by atoms with Gasteiger partial charge in [0.25, 0.3) is 5.91 Å². The van der Waals surface area contributed by atoms with Crippen LogP contribution >= 0.6 is 0 Å². The Morgan fingerprint density at radius 1 is 0.861 bits per heavy atom. The van der Waals surface area contributed by atoms with E-state index >= 15 is 0 Å². The van der Waals surface area contributed by atoms with Crippen molar-refractivity contribution in [1.82, 2.24) is 15.4 Å². The van der Waals surface area contributed by atoms with E-state index in [0.717, 1.165) is 32.8 Å². The van der Waals surface area contributed by atoms with Crippen LogP contribution in [0, 0.1) is 0 Å². The van der Waals surface area contributed by atoms with Crippen LogP contribution in [0.2, 0.25) is 0 Å². The second-order valence-corrected chi connectivity index (χ2v) is 8.99. The molecule has 4 aromatic carbocycles. The van der Waals surface area contributed by atoms with Crippen LogP contribution in [0.3, 0.4) is 0 Å². The third kappa shape index (κ3) is 4.04. The first-order chi connectivity index (χ1) is 17.7. The molecule has 178 valence electrons. The van der Waals surface area contributed by atoms with Crippen LogP contribution < -0.4 is 10.9 Å². The zero-order chi connectivity index (χ0) is 24.5. The van der Waals surface area contributed by atoms with E-state index < -0.39 is 6.04 Å². The summed E-state index contributed by atoms with van der Waals surface area (Å²) in [5, 5.41) is 22.4. The number of benzene rings is 4. The number of para-hydroxylation sites is 1. The maximum atomic E-state index is 12.8. The molecule has 2 unspecified atom stereocenters. The van der Waals surface area contributed by atoms with E-state index in [1.807, 2.05) is 77.4 Å². The molecule has 0 aliphatic carbocycles. The highest BCUT2D eigenvalue weighted by molar-refractivity contribution is 5.96. The molecule has 6 rings (SSSR count). The van der Waals surface area contributed by atoms with Crippen LogP contribution in [-0.2, 0) is 11.3 Å². The lowest BCUT2D eigenvalue weighted by Gasteiger charge is -2.10. The van der Waals surface area contributed by atoms with Crippen LogP contribution in [0.5, 0.6) is 5.88 Å². The van der Waals surface area contributed by atoms with Crippen molar-refractivity contribution in [2.75, 3.05) is 0 Å². The lowest BCUT2D eigenvalue weighted by atomic mass is 10.0. The van der Waals surface area contributed by atoms with Crippen LogP contribution in [0.4, 0.5) is 5.69 Å². The Labute approximate surface area is 208 Å². The van der Waals surface area contributed by atoms with Gasteiger partial charge < -0.3 is 9.67 Å². The van der Waals surface area contributed by atoms with E-state index in [1.165, 1.54) is 0 Å². The van der Waals surface area contributed by atoms with Gasteiger partial charge in [0.05, 0.1) is 12.1 Å². The topological polar surface area (TPSA) is 91.0 Å². The van der Waals surface area contributed by atoms with Gasteiger partial charge in [-0.2, -0.15) is 0 Å². The number of hydrogen-bond acceptors (Lipinski definition) is 5. The molecule has 1 saturated heterocycles. The highest BCUT2D eigenvalue weighted by Gasteiger charge is 2.30. The summed E-state index contributed by atoms with van der Waals surface area (Å²) in [6.07, 6.45) is 0.566. The van der Waals surface area contributed by atoms with Gasteiger partial charge in [0.15, 0.2) is 5.69 Å². The average molecular weight is 476 g/mol. The molecule has 2 atom stereocenters. The minimum Gasteiger partial charge on any atom is -0.493 e. The van der Waals surface area contributed by atoms with Crippen molar-refractivity contribution >= 4 is 33.3 Å². The summed E-state index contributed by atoms with van der Waals surface area (Å²) in [6, 6.07) is 31.5. The maximum Gasteiger partial charge on any atom is 0.282 e. The number of carbonyl (C=O) groups is 1. The molecule has 0 spiro atoms. The van der Waals surface area contributed by atoms with E-state index in [4.69, 9.17) is 0 Å². The number of fused-ring (bicyclic) bond motifs is 2. The minimum atomic E-state index is -0.495. The van der Waals surface area contributed by atoms with Gasteiger partial charge in [-0.1, -0.05) is 91.0 Å². The minimum absolute atomic E-state index is 0.0136. The number of azo groups is 1. The molecule has 0 saturated carbocycles. The second kappa shape index (κ2) is 9.37. The number of carbonyl (C=O) groups excluding carboxylic acids is 1. The molecule has 1 amide bonds. The molecule has 1 aliphatic rings. The summed E-state index contributed by atoms with van der Waals surface area (Å²) in [4.78, 5) is 12.8. The Bertz CT molecular complexity index is 1590. The molecule has 1 fully saturated rings. The fourth-order valence-corrected chi connectivity index (χ4v) is 4.92. The zero-order valence-corrected chi connectivity index (χ0v) is 19.5. The summed E-state index contributed by atoms with van der Waals surface area (Å²) >= 11 is 0. The zero-order valence-electron chi connectivity index (χ0n) is 19.5. The monoisotopic (exact) mass is 475 g/mol. The highest BCUT2D eigenvalue weighted by Crippen LogP contribution is 2.39. The third-order valence-electron chi connectivity index (χ3n) is 6.78. The lowest BCUT2D eigenvalue weighted by Crippen LogP contribution is -2.35. The fourth-order valence-electron chi connectivity index (χ4n) is 4.92. The molecule has 7 nitrogen and oxygen atoms in total. The number of hydrogen-bond donors (Lipinski definition) is 3. The highest BCUT2D eigenvalue weighted by atomic mass is 16.3. The van der Waals surface area contributed by atoms with Crippen molar-refractivity contribution in [3.63, 3.8) is 0 Å². The number of nitrogens with one attached hydrogen (secondary N) is 2. The molecule has 36 heavy (non-hydrogen) atoms. The Kier molecular flexibility index (Phi) is 5.77. The molecule has 3 N–H and O–H groups in total. The number of aromatic hydroxyl groups is 1. The Balaban J connectivity index is 1.29. The molecule has 0 bridgehead atoms. The lowest BCUT2D eigenvalue weighted by molar-refractivity contribution is -0.120. The van der Waals surface area contributed by atoms with Crippen LogP contribution in [0.1, 0.15) is 23.6 Å². The van der Waals surface area contributed by atoms with Crippen molar-refractivity contribution in [1.29, 1.82) is 0 Å². The molecule has 0 radical (unpaired) electrons. The summed E-state index contributed by atoms with van der Waals surface area (Å²) in [6.45, 7) is 0.462. The first-order valence-electron chi connectivity index (χ1n) is 12.0. The predicted molar refractivity (Wildman–Crippen MR) is 140 cm³/mol. The van der Waals surface area contributed by atoms with Gasteiger partial charge in [-0.25, -0.2) is 10.9 Å². The average Bonchev–Trinajstić information content (AvgIpc) is 3.52. The van der Waals surface area contributed by atoms with Gasteiger partial charge in [0.1, 0.15) is 6.04 Å². The third-order valence-corrected chi connectivity index (χ3v) is 6.78. The SMILES string of the molecule is O=C(N=Nc1c(O)n(Cc2cccc3ccccc23)c2ccccc12)C1CC(c2ccccc2)NN1. The number of rotatable bonds is 5. The van der Waals surface area contributed by atoms with Crippen molar-refractivity contribution in [2.45, 2.75) is 25.0 Å². The van der Waals surface area contributed by atoms with Crippen molar-refractivity contribution in [2.24, 2.45) is 10.2 Å². The Morgan fingerprint density at radius 2 is 1.58 bits per heavy atom. The molecular weight excluding hydrogens is 450 g/mol. The van der Waals surface area contributed by atoms with Gasteiger partial charge >= 0.3 is 0 Å². The Hall–Kier alpha value is -4.33. The fraction of sp³-hybridized carbons (Fsp3) is 0.138. The van der Waals surface area contributed by atoms with Gasteiger partial charge in [0, 0.05) is 11.4 Å². The summed E-state index contributed by atoms with van der Waals surface area (Å²) in [5.41, 5.74) is 9.50. The largest absolute Gasteiger partial charge is 0.493 e. The summed E-state index contributed by atoms with van der Waals surface area (Å²) in [5.74, 6) is -0.397. The summed E-state index contributed by atoms with van der Waals surface area (Å²) < 4.78 is 1.82. The van der Waals surface area contributed by atoms with E-state index in [1.54, 1.807) is 0 Å². The first-order valence-corrected chi connectivity index (χ1v) is 12.0. The van der Waals surface area contributed by atoms with Crippen molar-refractivity contribution in [3.05, 3.63) is 108 Å². The normalized spacial score (nSPS) is 17.9. The molecule has 1 aliphatic heterocycles. The van der Waals surface area contributed by atoms with Gasteiger partial charge in [0.2, 0.25) is 5.88 Å². The van der Waals surface area contributed by atoms with E-state index in [2.05, 4.69) is 45.3 Å². The number of amides is 1. The van der Waals surface area contributed by atoms with Crippen molar-refractivity contribution < 1.29 is 9.90 Å². The van der Waals surface area contributed by atoms with Gasteiger partial charge in [-0.15, -0.1) is 10.2 Å². The first kappa shape index (κ1) is 22.2. The standard InChI is InChI=1S/C29H25N5O2/c35-28(25-17-24(30-31-25)20-10-2-1-3-11-20)33-32-27-23-15-6-7-16-26(23)34(29(27)36)18-21-13-8-12-19-9-4-5-14-22(19)21/h1-16,24-25,30-31,36H,17-18H2. The molecule has 1 aromatic heterocycles. The van der Waals surface area contributed by atoms with Crippen LogP contribution in [0.25, 0.3) is 21.7 Å². The number of hydrazine groups is 1. The van der Waals surface area contributed by atoms with E-state index in [9.17, 15) is 9.90 Å². The van der Waals surface area contributed by atoms with Gasteiger partial charge in [-0.05, 0) is 34.4 Å². The van der Waals surface area contributed by atoms with Crippen LogP contribution in [-0.4, -0.2) is 21.6 Å². The Morgan fingerprint density at radius 3 is 2.44 bits per heavy atom. The molecular formula is C29H25N5O2. The summed E-state index contributed by atoms with van der Waals surface area (Å²) in [7, 11) is 0. The van der Waals surface area contributed by atoms with Gasteiger partial charge in [-0.3, -0.25) is 4.79 Å². The quantitative estimate of drug-likeness (QED) is 0.282.